The Morgan fingerprint density at radius 1 is 1.12 bits per heavy atom. The Bertz CT molecular complexity index is 808. The zero-order valence-corrected chi connectivity index (χ0v) is 14.7. The van der Waals surface area contributed by atoms with E-state index in [1.807, 2.05) is 47.1 Å². The fourth-order valence-electron chi connectivity index (χ4n) is 3.59. The van der Waals surface area contributed by atoms with Gasteiger partial charge in [-0.1, -0.05) is 18.2 Å². The van der Waals surface area contributed by atoms with E-state index in [9.17, 15) is 4.57 Å². The molecule has 1 fully saturated rings. The zero-order valence-electron chi connectivity index (χ0n) is 13.8. The SMILES string of the molecule is COc1cc2c(cc1OC)[C@@H]1COP(=O)(c3ccccc3)N1CC2. The molecule has 0 amide bonds. The molecular formula is C18H20NO4P. The molecule has 1 saturated heterocycles. The lowest BCUT2D eigenvalue weighted by Gasteiger charge is -2.33. The molecule has 0 spiro atoms. The van der Waals surface area contributed by atoms with Crippen LogP contribution in [0.1, 0.15) is 17.2 Å². The van der Waals surface area contributed by atoms with Crippen LogP contribution in [0.4, 0.5) is 0 Å². The average molecular weight is 345 g/mol. The highest BCUT2D eigenvalue weighted by molar-refractivity contribution is 7.64. The number of nitrogens with zero attached hydrogens (tertiary/aromatic N) is 1. The molecule has 5 nitrogen and oxygen atoms in total. The van der Waals surface area contributed by atoms with Gasteiger partial charge >= 0.3 is 7.52 Å². The van der Waals surface area contributed by atoms with Gasteiger partial charge in [0.05, 0.1) is 32.2 Å². The minimum Gasteiger partial charge on any atom is -0.493 e. The van der Waals surface area contributed by atoms with E-state index in [0.717, 1.165) is 23.0 Å². The Morgan fingerprint density at radius 3 is 2.54 bits per heavy atom. The molecule has 2 aromatic carbocycles. The molecule has 0 bridgehead atoms. The molecule has 2 aromatic rings. The van der Waals surface area contributed by atoms with Crippen molar-refractivity contribution in [3.63, 3.8) is 0 Å². The molecule has 0 saturated carbocycles. The maximum absolute atomic E-state index is 13.5. The van der Waals surface area contributed by atoms with Crippen molar-refractivity contribution in [3.05, 3.63) is 53.6 Å². The van der Waals surface area contributed by atoms with Gasteiger partial charge in [0, 0.05) is 6.54 Å². The second kappa shape index (κ2) is 5.92. The molecule has 6 heteroatoms. The van der Waals surface area contributed by atoms with Gasteiger partial charge in [0.25, 0.3) is 0 Å². The molecule has 2 atom stereocenters. The average Bonchev–Trinajstić information content (AvgIpc) is 2.99. The van der Waals surface area contributed by atoms with Crippen molar-refractivity contribution < 1.29 is 18.6 Å². The van der Waals surface area contributed by atoms with E-state index in [0.29, 0.717) is 18.9 Å². The Balaban J connectivity index is 1.76. The van der Waals surface area contributed by atoms with Crippen molar-refractivity contribution in [2.75, 3.05) is 27.4 Å². The molecule has 0 aliphatic carbocycles. The number of ether oxygens (including phenoxy) is 2. The van der Waals surface area contributed by atoms with Crippen LogP contribution in [0, 0.1) is 0 Å². The topological polar surface area (TPSA) is 48.0 Å². The lowest BCUT2D eigenvalue weighted by Crippen LogP contribution is -2.32. The van der Waals surface area contributed by atoms with E-state index in [1.165, 1.54) is 5.56 Å². The summed E-state index contributed by atoms with van der Waals surface area (Å²) in [4.78, 5) is 0. The quantitative estimate of drug-likeness (QED) is 0.800. The van der Waals surface area contributed by atoms with Crippen molar-refractivity contribution in [2.24, 2.45) is 0 Å². The number of methoxy groups -OCH3 is 2. The van der Waals surface area contributed by atoms with E-state index < -0.39 is 7.52 Å². The van der Waals surface area contributed by atoms with E-state index in [1.54, 1.807) is 14.2 Å². The van der Waals surface area contributed by atoms with Gasteiger partial charge in [-0.25, -0.2) is 4.67 Å². The highest BCUT2D eigenvalue weighted by atomic mass is 31.2. The summed E-state index contributed by atoms with van der Waals surface area (Å²) in [7, 11) is 0.280. The van der Waals surface area contributed by atoms with Gasteiger partial charge in [0.2, 0.25) is 0 Å². The van der Waals surface area contributed by atoms with Crippen LogP contribution >= 0.6 is 7.52 Å². The molecule has 4 rings (SSSR count). The molecule has 126 valence electrons. The van der Waals surface area contributed by atoms with E-state index in [2.05, 4.69) is 0 Å². The van der Waals surface area contributed by atoms with Crippen LogP contribution in [-0.2, 0) is 15.5 Å². The lowest BCUT2D eigenvalue weighted by atomic mass is 9.94. The van der Waals surface area contributed by atoms with Crippen LogP contribution in [0.5, 0.6) is 11.5 Å². The van der Waals surface area contributed by atoms with Crippen molar-refractivity contribution >= 4 is 12.8 Å². The van der Waals surface area contributed by atoms with E-state index in [4.69, 9.17) is 14.0 Å². The van der Waals surface area contributed by atoms with Crippen molar-refractivity contribution in [3.8, 4) is 11.5 Å². The van der Waals surface area contributed by atoms with Crippen LogP contribution in [-0.4, -0.2) is 32.0 Å². The molecule has 0 aromatic heterocycles. The zero-order chi connectivity index (χ0) is 16.7. The van der Waals surface area contributed by atoms with E-state index in [-0.39, 0.29) is 6.04 Å². The highest BCUT2D eigenvalue weighted by Gasteiger charge is 2.48. The third-order valence-electron chi connectivity index (χ3n) is 4.80. The second-order valence-corrected chi connectivity index (χ2v) is 8.32. The van der Waals surface area contributed by atoms with Crippen molar-refractivity contribution in [2.45, 2.75) is 12.5 Å². The summed E-state index contributed by atoms with van der Waals surface area (Å²) in [5, 5.41) is 0.761. The highest BCUT2D eigenvalue weighted by Crippen LogP contribution is 2.61. The first-order valence-corrected chi connectivity index (χ1v) is 9.57. The van der Waals surface area contributed by atoms with Gasteiger partial charge in [-0.3, -0.25) is 4.57 Å². The monoisotopic (exact) mass is 345 g/mol. The van der Waals surface area contributed by atoms with Crippen LogP contribution < -0.4 is 14.8 Å². The maximum atomic E-state index is 13.5. The van der Waals surface area contributed by atoms with Gasteiger partial charge in [-0.05, 0) is 41.8 Å². The first-order valence-electron chi connectivity index (χ1n) is 7.99. The van der Waals surface area contributed by atoms with Crippen molar-refractivity contribution in [1.29, 1.82) is 0 Å². The summed E-state index contributed by atoms with van der Waals surface area (Å²) in [5.41, 5.74) is 2.33. The molecule has 2 aliphatic heterocycles. The van der Waals surface area contributed by atoms with Crippen LogP contribution in [0.3, 0.4) is 0 Å². The summed E-state index contributed by atoms with van der Waals surface area (Å²) in [5.74, 6) is 1.43. The summed E-state index contributed by atoms with van der Waals surface area (Å²) in [6, 6.07) is 13.5. The van der Waals surface area contributed by atoms with Gasteiger partial charge in [0.1, 0.15) is 0 Å². The molecule has 0 N–H and O–H groups in total. The number of benzene rings is 2. The van der Waals surface area contributed by atoms with Crippen LogP contribution in [0.2, 0.25) is 0 Å². The predicted molar refractivity (Wildman–Crippen MR) is 92.3 cm³/mol. The number of hydrogen-bond acceptors (Lipinski definition) is 4. The van der Waals surface area contributed by atoms with Gasteiger partial charge in [-0.15, -0.1) is 0 Å². The summed E-state index contributed by atoms with van der Waals surface area (Å²) < 4.78 is 32.2. The number of hydrogen-bond donors (Lipinski definition) is 0. The Hall–Kier alpha value is -1.81. The molecular weight excluding hydrogens is 325 g/mol. The molecule has 2 aliphatic rings. The first-order chi connectivity index (χ1) is 11.7. The fraction of sp³-hybridized carbons (Fsp3) is 0.333. The summed E-state index contributed by atoms with van der Waals surface area (Å²) in [6.45, 7) is 1.13. The molecule has 2 heterocycles. The Kier molecular flexibility index (Phi) is 3.87. The Morgan fingerprint density at radius 2 is 1.83 bits per heavy atom. The van der Waals surface area contributed by atoms with Crippen LogP contribution in [0.15, 0.2) is 42.5 Å². The van der Waals surface area contributed by atoms with Crippen LogP contribution in [0.25, 0.3) is 0 Å². The fourth-order valence-corrected chi connectivity index (χ4v) is 6.00. The smallest absolute Gasteiger partial charge is 0.303 e. The molecule has 24 heavy (non-hydrogen) atoms. The largest absolute Gasteiger partial charge is 0.493 e. The molecule has 1 unspecified atom stereocenters. The normalized spacial score (nSPS) is 25.8. The summed E-state index contributed by atoms with van der Waals surface area (Å²) in [6.07, 6.45) is 0.812. The van der Waals surface area contributed by atoms with Gasteiger partial charge < -0.3 is 14.0 Å². The lowest BCUT2D eigenvalue weighted by molar-refractivity contribution is 0.300. The van der Waals surface area contributed by atoms with Gasteiger partial charge in [0.15, 0.2) is 11.5 Å². The second-order valence-electron chi connectivity index (χ2n) is 5.99. The first kappa shape index (κ1) is 15.7. The minimum atomic E-state index is -2.99. The minimum absolute atomic E-state index is 0.0143. The third-order valence-corrected chi connectivity index (χ3v) is 7.41. The maximum Gasteiger partial charge on any atom is 0.303 e. The van der Waals surface area contributed by atoms with Gasteiger partial charge in [-0.2, -0.15) is 0 Å². The number of fused-ring (bicyclic) bond motifs is 3. The standard InChI is InChI=1S/C18H20NO4P/c1-21-17-10-13-8-9-19-16(15(13)11-18(17)22-2)12-23-24(19,20)14-6-4-3-5-7-14/h3-7,10-11,16H,8-9,12H2,1-2H3/t16-,24?/m0/s1. The Labute approximate surface area is 141 Å². The third kappa shape index (κ3) is 2.27. The predicted octanol–water partition coefficient (Wildman–Crippen LogP) is 3.15. The van der Waals surface area contributed by atoms with Crippen molar-refractivity contribution in [1.82, 2.24) is 4.67 Å². The number of rotatable bonds is 3. The molecule has 0 radical (unpaired) electrons. The summed E-state index contributed by atoms with van der Waals surface area (Å²) >= 11 is 0. The van der Waals surface area contributed by atoms with E-state index >= 15 is 0 Å².